The molecule has 0 amide bonds. The number of ether oxygens (including phenoxy) is 2. The van der Waals surface area contributed by atoms with Crippen molar-refractivity contribution in [2.75, 3.05) is 25.6 Å². The van der Waals surface area contributed by atoms with Gasteiger partial charge in [-0.2, -0.15) is 0 Å². The standard InChI is InChI=1S/C19H22O8S/c20-9-1-10-26-14-3-6-16(7-4-14)28(24,25)12-2-11-27-15-5-8-18(21)17(13-15)19(22)23/h3-8,13,20-21H,1-2,9-12H2,(H,22,23). The lowest BCUT2D eigenvalue weighted by Gasteiger charge is -2.09. The van der Waals surface area contributed by atoms with Gasteiger partial charge in [0.1, 0.15) is 22.8 Å². The fraction of sp³-hybridized carbons (Fsp3) is 0.316. The van der Waals surface area contributed by atoms with Gasteiger partial charge in [0.05, 0.1) is 23.9 Å². The monoisotopic (exact) mass is 410 g/mol. The lowest BCUT2D eigenvalue weighted by molar-refractivity contribution is 0.0693. The van der Waals surface area contributed by atoms with E-state index in [1.807, 2.05) is 0 Å². The number of benzene rings is 2. The van der Waals surface area contributed by atoms with Gasteiger partial charge in [-0.25, -0.2) is 13.2 Å². The Morgan fingerprint density at radius 2 is 1.54 bits per heavy atom. The molecule has 0 aromatic heterocycles. The SMILES string of the molecule is O=C(O)c1cc(OCCCS(=O)(=O)c2ccc(OCCCO)cc2)ccc1O. The van der Waals surface area contributed by atoms with Gasteiger partial charge in [0, 0.05) is 13.0 Å². The molecule has 0 atom stereocenters. The lowest BCUT2D eigenvalue weighted by atomic mass is 10.2. The summed E-state index contributed by atoms with van der Waals surface area (Å²) in [5, 5.41) is 27.1. The number of aromatic hydroxyl groups is 1. The molecule has 2 rings (SSSR count). The molecule has 28 heavy (non-hydrogen) atoms. The Kier molecular flexibility index (Phi) is 7.65. The molecule has 0 aliphatic carbocycles. The fourth-order valence-electron chi connectivity index (χ4n) is 2.33. The third-order valence-electron chi connectivity index (χ3n) is 3.78. The van der Waals surface area contributed by atoms with E-state index in [1.54, 1.807) is 12.1 Å². The third-order valence-corrected chi connectivity index (χ3v) is 5.60. The topological polar surface area (TPSA) is 130 Å². The van der Waals surface area contributed by atoms with E-state index in [0.717, 1.165) is 0 Å². The summed E-state index contributed by atoms with van der Waals surface area (Å²) < 4.78 is 35.5. The molecular weight excluding hydrogens is 388 g/mol. The normalized spacial score (nSPS) is 11.2. The van der Waals surface area contributed by atoms with Gasteiger partial charge in [-0.1, -0.05) is 0 Å². The van der Waals surface area contributed by atoms with E-state index in [4.69, 9.17) is 19.7 Å². The number of rotatable bonds is 11. The molecule has 0 bridgehead atoms. The van der Waals surface area contributed by atoms with Crippen molar-refractivity contribution in [3.63, 3.8) is 0 Å². The molecule has 8 nitrogen and oxygen atoms in total. The van der Waals surface area contributed by atoms with Crippen LogP contribution in [-0.4, -0.2) is 55.3 Å². The Labute approximate surface area is 162 Å². The van der Waals surface area contributed by atoms with Crippen molar-refractivity contribution in [3.05, 3.63) is 48.0 Å². The highest BCUT2D eigenvalue weighted by molar-refractivity contribution is 7.91. The summed E-state index contributed by atoms with van der Waals surface area (Å²) >= 11 is 0. The van der Waals surface area contributed by atoms with Crippen molar-refractivity contribution < 1.29 is 38.0 Å². The van der Waals surface area contributed by atoms with Gasteiger partial charge in [0.15, 0.2) is 9.84 Å². The van der Waals surface area contributed by atoms with Crippen LogP contribution in [0.15, 0.2) is 47.4 Å². The summed E-state index contributed by atoms with van der Waals surface area (Å²) in [6, 6.07) is 9.84. The smallest absolute Gasteiger partial charge is 0.339 e. The van der Waals surface area contributed by atoms with Crippen LogP contribution >= 0.6 is 0 Å². The Hall–Kier alpha value is -2.78. The van der Waals surface area contributed by atoms with Gasteiger partial charge < -0.3 is 24.8 Å². The quantitative estimate of drug-likeness (QED) is 0.480. The lowest BCUT2D eigenvalue weighted by Crippen LogP contribution is -2.11. The maximum Gasteiger partial charge on any atom is 0.339 e. The van der Waals surface area contributed by atoms with Crippen LogP contribution < -0.4 is 9.47 Å². The van der Waals surface area contributed by atoms with Crippen LogP contribution in [0.1, 0.15) is 23.2 Å². The van der Waals surface area contributed by atoms with E-state index in [0.29, 0.717) is 18.8 Å². The summed E-state index contributed by atoms with van der Waals surface area (Å²) in [7, 11) is -3.49. The number of aromatic carboxylic acids is 1. The fourth-order valence-corrected chi connectivity index (χ4v) is 3.62. The van der Waals surface area contributed by atoms with Gasteiger partial charge in [-0.3, -0.25) is 0 Å². The number of aliphatic hydroxyl groups is 1. The van der Waals surface area contributed by atoms with Crippen LogP contribution in [0.2, 0.25) is 0 Å². The van der Waals surface area contributed by atoms with Crippen LogP contribution in [0.5, 0.6) is 17.2 Å². The molecule has 0 fully saturated rings. The van der Waals surface area contributed by atoms with Crippen molar-refractivity contribution in [2.45, 2.75) is 17.7 Å². The van der Waals surface area contributed by atoms with E-state index < -0.39 is 15.8 Å². The van der Waals surface area contributed by atoms with Crippen LogP contribution in [0, 0.1) is 0 Å². The summed E-state index contributed by atoms with van der Waals surface area (Å²) in [6.07, 6.45) is 0.704. The molecule has 0 radical (unpaired) electrons. The van der Waals surface area contributed by atoms with Gasteiger partial charge in [-0.15, -0.1) is 0 Å². The first kappa shape index (κ1) is 21.5. The van der Waals surface area contributed by atoms with Crippen molar-refractivity contribution in [2.24, 2.45) is 0 Å². The predicted molar refractivity (Wildman–Crippen MR) is 101 cm³/mol. The molecule has 0 spiro atoms. The van der Waals surface area contributed by atoms with E-state index >= 15 is 0 Å². The van der Waals surface area contributed by atoms with Crippen LogP contribution in [0.3, 0.4) is 0 Å². The molecule has 2 aromatic rings. The summed E-state index contributed by atoms with van der Waals surface area (Å²) in [4.78, 5) is 11.1. The second-order valence-corrected chi connectivity index (χ2v) is 8.01. The van der Waals surface area contributed by atoms with E-state index in [1.165, 1.54) is 30.3 Å². The first-order valence-electron chi connectivity index (χ1n) is 8.59. The summed E-state index contributed by atoms with van der Waals surface area (Å²) in [5.41, 5.74) is -0.286. The largest absolute Gasteiger partial charge is 0.507 e. The minimum absolute atomic E-state index is 0.0241. The van der Waals surface area contributed by atoms with Gasteiger partial charge >= 0.3 is 5.97 Å². The van der Waals surface area contributed by atoms with Crippen molar-refractivity contribution in [1.29, 1.82) is 0 Å². The minimum Gasteiger partial charge on any atom is -0.507 e. The molecule has 0 saturated carbocycles. The summed E-state index contributed by atoms with van der Waals surface area (Å²) in [5.74, 6) is -1.03. The van der Waals surface area contributed by atoms with Gasteiger partial charge in [0.25, 0.3) is 0 Å². The van der Waals surface area contributed by atoms with Crippen LogP contribution in [-0.2, 0) is 9.84 Å². The number of hydrogen-bond acceptors (Lipinski definition) is 7. The second-order valence-electron chi connectivity index (χ2n) is 5.90. The van der Waals surface area contributed by atoms with Gasteiger partial charge in [0.2, 0.25) is 0 Å². The van der Waals surface area contributed by atoms with Crippen LogP contribution in [0.25, 0.3) is 0 Å². The average Bonchev–Trinajstić information content (AvgIpc) is 2.67. The molecule has 0 heterocycles. The Bertz CT molecular complexity index is 891. The number of carboxylic acids is 1. The third kappa shape index (κ3) is 6.14. The molecule has 0 aliphatic heterocycles. The Balaban J connectivity index is 1.86. The highest BCUT2D eigenvalue weighted by Gasteiger charge is 2.15. The maximum atomic E-state index is 12.4. The highest BCUT2D eigenvalue weighted by Crippen LogP contribution is 2.23. The second kappa shape index (κ2) is 9.95. The van der Waals surface area contributed by atoms with Crippen LogP contribution in [0.4, 0.5) is 0 Å². The zero-order valence-corrected chi connectivity index (χ0v) is 15.9. The number of carbonyl (C=O) groups is 1. The van der Waals surface area contributed by atoms with Crippen molar-refractivity contribution in [3.8, 4) is 17.2 Å². The molecular formula is C19H22O8S. The first-order chi connectivity index (χ1) is 13.3. The zero-order valence-electron chi connectivity index (χ0n) is 15.1. The number of sulfone groups is 1. The zero-order chi connectivity index (χ0) is 20.6. The molecule has 0 aliphatic rings. The van der Waals surface area contributed by atoms with Crippen molar-refractivity contribution >= 4 is 15.8 Å². The molecule has 2 aromatic carbocycles. The predicted octanol–water partition coefficient (Wildman–Crippen LogP) is 2.09. The van der Waals surface area contributed by atoms with E-state index in [-0.39, 0.29) is 47.3 Å². The summed E-state index contributed by atoms with van der Waals surface area (Å²) in [6.45, 7) is 0.447. The number of aliphatic hydroxyl groups excluding tert-OH is 1. The maximum absolute atomic E-state index is 12.4. The van der Waals surface area contributed by atoms with Crippen molar-refractivity contribution in [1.82, 2.24) is 0 Å². The highest BCUT2D eigenvalue weighted by atomic mass is 32.2. The van der Waals surface area contributed by atoms with E-state index in [2.05, 4.69) is 0 Å². The average molecular weight is 410 g/mol. The molecule has 152 valence electrons. The minimum atomic E-state index is -3.49. The number of hydrogen-bond donors (Lipinski definition) is 3. The first-order valence-corrected chi connectivity index (χ1v) is 10.2. The molecule has 9 heteroatoms. The number of carboxylic acid groups (broad SMARTS) is 1. The molecule has 0 saturated heterocycles. The Morgan fingerprint density at radius 3 is 2.18 bits per heavy atom. The van der Waals surface area contributed by atoms with E-state index in [9.17, 15) is 18.3 Å². The molecule has 0 unspecified atom stereocenters. The van der Waals surface area contributed by atoms with Gasteiger partial charge in [-0.05, 0) is 48.9 Å². The Morgan fingerprint density at radius 1 is 0.929 bits per heavy atom. The molecule has 3 N–H and O–H groups in total. The number of phenols is 1.